The zero-order valence-corrected chi connectivity index (χ0v) is 12.1. The molecule has 0 aliphatic heterocycles. The number of aromatic amines is 2. The Morgan fingerprint density at radius 1 is 0.864 bits per heavy atom. The molecule has 3 aromatic rings. The molecule has 110 valence electrons. The molecule has 0 aliphatic carbocycles. The molecular weight excluding hydrogens is 304 g/mol. The molecule has 5 nitrogen and oxygen atoms in total. The van der Waals surface area contributed by atoms with Crippen LogP contribution in [0.3, 0.4) is 0 Å². The summed E-state index contributed by atoms with van der Waals surface area (Å²) in [7, 11) is 0. The fraction of sp³-hybridized carbons (Fsp3) is 0. The molecule has 0 unspecified atom stereocenters. The van der Waals surface area contributed by atoms with Crippen LogP contribution in [-0.2, 0) is 0 Å². The first-order valence-corrected chi connectivity index (χ1v) is 6.85. The molecule has 2 aromatic carbocycles. The van der Waals surface area contributed by atoms with E-state index in [0.717, 1.165) is 0 Å². The van der Waals surface area contributed by atoms with Gasteiger partial charge in [-0.05, 0) is 36.4 Å². The van der Waals surface area contributed by atoms with Gasteiger partial charge in [0.1, 0.15) is 11.5 Å². The average molecular weight is 315 g/mol. The minimum atomic E-state index is -0.550. The van der Waals surface area contributed by atoms with Crippen LogP contribution in [0.15, 0.2) is 64.2 Å². The molecule has 0 fully saturated rings. The third-order valence-corrected chi connectivity index (χ3v) is 3.21. The van der Waals surface area contributed by atoms with Crippen molar-refractivity contribution in [2.45, 2.75) is 0 Å². The quantitative estimate of drug-likeness (QED) is 0.779. The van der Waals surface area contributed by atoms with E-state index in [1.165, 1.54) is 6.07 Å². The Balaban J connectivity index is 1.94. The van der Waals surface area contributed by atoms with Crippen molar-refractivity contribution >= 4 is 11.6 Å². The molecule has 0 amide bonds. The monoisotopic (exact) mass is 314 g/mol. The maximum atomic E-state index is 11.4. The molecule has 22 heavy (non-hydrogen) atoms. The summed E-state index contributed by atoms with van der Waals surface area (Å²) in [4.78, 5) is 27.4. The van der Waals surface area contributed by atoms with Gasteiger partial charge in [0.25, 0.3) is 5.56 Å². The molecule has 1 heterocycles. The van der Waals surface area contributed by atoms with Crippen molar-refractivity contribution < 1.29 is 4.74 Å². The Morgan fingerprint density at radius 2 is 1.64 bits per heavy atom. The molecule has 0 atom stereocenters. The van der Waals surface area contributed by atoms with E-state index in [1.807, 2.05) is 0 Å². The molecule has 0 aliphatic rings. The van der Waals surface area contributed by atoms with Crippen molar-refractivity contribution in [2.75, 3.05) is 0 Å². The van der Waals surface area contributed by atoms with Gasteiger partial charge >= 0.3 is 5.69 Å². The first kappa shape index (κ1) is 14.2. The van der Waals surface area contributed by atoms with Crippen LogP contribution in [0.4, 0.5) is 0 Å². The fourth-order valence-corrected chi connectivity index (χ4v) is 2.12. The summed E-state index contributed by atoms with van der Waals surface area (Å²) >= 11 is 5.83. The maximum absolute atomic E-state index is 11.4. The van der Waals surface area contributed by atoms with Crippen molar-refractivity contribution in [2.24, 2.45) is 0 Å². The number of benzene rings is 2. The molecule has 0 bridgehead atoms. The van der Waals surface area contributed by atoms with Gasteiger partial charge in [-0.15, -0.1) is 0 Å². The highest BCUT2D eigenvalue weighted by Gasteiger charge is 2.04. The van der Waals surface area contributed by atoms with Gasteiger partial charge < -0.3 is 9.72 Å². The first-order valence-electron chi connectivity index (χ1n) is 6.48. The zero-order valence-electron chi connectivity index (χ0n) is 11.3. The third kappa shape index (κ3) is 3.27. The second kappa shape index (κ2) is 5.91. The number of ether oxygens (including phenoxy) is 1. The van der Waals surface area contributed by atoms with E-state index in [-0.39, 0.29) is 0 Å². The number of halogens is 1. The SMILES string of the molecule is O=c1cc(-c2cccc(Oc3ccc(Cl)cc3)c2)[nH]c(=O)[nH]1. The summed E-state index contributed by atoms with van der Waals surface area (Å²) in [5.41, 5.74) is 0.0965. The van der Waals surface area contributed by atoms with Crippen LogP contribution in [0, 0.1) is 0 Å². The number of rotatable bonds is 3. The van der Waals surface area contributed by atoms with Gasteiger partial charge in [0.05, 0.1) is 5.69 Å². The van der Waals surface area contributed by atoms with Crippen LogP contribution in [0.1, 0.15) is 0 Å². The number of hydrogen-bond acceptors (Lipinski definition) is 3. The fourth-order valence-electron chi connectivity index (χ4n) is 1.99. The smallest absolute Gasteiger partial charge is 0.326 e. The van der Waals surface area contributed by atoms with Gasteiger partial charge in [0, 0.05) is 16.7 Å². The molecule has 0 saturated carbocycles. The van der Waals surface area contributed by atoms with Crippen LogP contribution >= 0.6 is 11.6 Å². The third-order valence-electron chi connectivity index (χ3n) is 2.95. The Kier molecular flexibility index (Phi) is 3.80. The van der Waals surface area contributed by atoms with Crippen molar-refractivity contribution in [1.82, 2.24) is 9.97 Å². The van der Waals surface area contributed by atoms with Gasteiger partial charge in [-0.2, -0.15) is 0 Å². The van der Waals surface area contributed by atoms with Crippen LogP contribution < -0.4 is 16.0 Å². The van der Waals surface area contributed by atoms with Gasteiger partial charge in [-0.1, -0.05) is 23.7 Å². The van der Waals surface area contributed by atoms with E-state index in [9.17, 15) is 9.59 Å². The standard InChI is InChI=1S/C16H11ClN2O3/c17-11-4-6-12(7-5-11)22-13-3-1-2-10(8-13)14-9-15(20)19-16(21)18-14/h1-9H,(H2,18,19,20,21). The summed E-state index contributed by atoms with van der Waals surface area (Å²) in [5.74, 6) is 1.22. The normalized spacial score (nSPS) is 10.4. The Labute approximate surface area is 130 Å². The molecule has 6 heteroatoms. The highest BCUT2D eigenvalue weighted by Crippen LogP contribution is 2.26. The predicted octanol–water partition coefficient (Wildman–Crippen LogP) is 3.18. The van der Waals surface area contributed by atoms with Crippen molar-refractivity contribution in [1.29, 1.82) is 0 Å². The Hall–Kier alpha value is -2.79. The number of aromatic nitrogens is 2. The van der Waals surface area contributed by atoms with E-state index in [2.05, 4.69) is 9.97 Å². The Bertz CT molecular complexity index is 885. The largest absolute Gasteiger partial charge is 0.457 e. The van der Waals surface area contributed by atoms with Crippen molar-refractivity contribution in [3.63, 3.8) is 0 Å². The second-order valence-electron chi connectivity index (χ2n) is 4.59. The summed E-state index contributed by atoms with van der Waals surface area (Å²) in [5, 5.41) is 0.627. The summed E-state index contributed by atoms with van der Waals surface area (Å²) < 4.78 is 5.72. The molecule has 0 saturated heterocycles. The van der Waals surface area contributed by atoms with Crippen molar-refractivity contribution in [3.05, 3.63) is 80.5 Å². The lowest BCUT2D eigenvalue weighted by Gasteiger charge is -2.07. The summed E-state index contributed by atoms with van der Waals surface area (Å²) in [6.45, 7) is 0. The zero-order chi connectivity index (χ0) is 15.5. The van der Waals surface area contributed by atoms with Crippen LogP contribution in [0.25, 0.3) is 11.3 Å². The molecular formula is C16H11ClN2O3. The van der Waals surface area contributed by atoms with E-state index in [0.29, 0.717) is 27.8 Å². The van der Waals surface area contributed by atoms with Gasteiger partial charge in [0.15, 0.2) is 0 Å². The molecule has 1 aromatic heterocycles. The lowest BCUT2D eigenvalue weighted by molar-refractivity contribution is 0.483. The lowest BCUT2D eigenvalue weighted by atomic mass is 10.1. The van der Waals surface area contributed by atoms with Crippen molar-refractivity contribution in [3.8, 4) is 22.8 Å². The van der Waals surface area contributed by atoms with Crippen LogP contribution in [0.2, 0.25) is 5.02 Å². The van der Waals surface area contributed by atoms with Gasteiger partial charge in [-0.3, -0.25) is 9.78 Å². The highest BCUT2D eigenvalue weighted by molar-refractivity contribution is 6.30. The molecule has 2 N–H and O–H groups in total. The summed E-state index contributed by atoms with van der Waals surface area (Å²) in [6, 6.07) is 15.4. The average Bonchev–Trinajstić information content (AvgIpc) is 2.49. The van der Waals surface area contributed by atoms with E-state index in [1.54, 1.807) is 48.5 Å². The summed E-state index contributed by atoms with van der Waals surface area (Å²) in [6.07, 6.45) is 0. The van der Waals surface area contributed by atoms with E-state index in [4.69, 9.17) is 16.3 Å². The maximum Gasteiger partial charge on any atom is 0.326 e. The number of H-pyrrole nitrogens is 2. The van der Waals surface area contributed by atoms with E-state index < -0.39 is 11.2 Å². The molecule has 3 rings (SSSR count). The highest BCUT2D eigenvalue weighted by atomic mass is 35.5. The number of hydrogen-bond donors (Lipinski definition) is 2. The number of nitrogens with one attached hydrogen (secondary N) is 2. The van der Waals surface area contributed by atoms with Gasteiger partial charge in [0.2, 0.25) is 0 Å². The van der Waals surface area contributed by atoms with E-state index >= 15 is 0 Å². The minimum Gasteiger partial charge on any atom is -0.457 e. The minimum absolute atomic E-state index is 0.426. The van der Waals surface area contributed by atoms with Crippen LogP contribution in [-0.4, -0.2) is 9.97 Å². The topological polar surface area (TPSA) is 75.0 Å². The Morgan fingerprint density at radius 3 is 2.36 bits per heavy atom. The lowest BCUT2D eigenvalue weighted by Crippen LogP contribution is -2.21. The predicted molar refractivity (Wildman–Crippen MR) is 84.6 cm³/mol. The van der Waals surface area contributed by atoms with Crippen LogP contribution in [0.5, 0.6) is 11.5 Å². The van der Waals surface area contributed by atoms with Gasteiger partial charge in [-0.25, -0.2) is 4.79 Å². The molecule has 0 radical (unpaired) electrons. The first-order chi connectivity index (χ1) is 10.6. The molecule has 0 spiro atoms. The second-order valence-corrected chi connectivity index (χ2v) is 5.02.